The molecule has 4 heteroatoms. The molecule has 1 aliphatic heterocycles. The number of benzene rings is 1. The molecule has 1 aliphatic carbocycles. The van der Waals surface area contributed by atoms with E-state index in [0.717, 1.165) is 28.8 Å². The Morgan fingerprint density at radius 1 is 1.19 bits per heavy atom. The van der Waals surface area contributed by atoms with Gasteiger partial charge in [-0.1, -0.05) is 6.42 Å². The van der Waals surface area contributed by atoms with Crippen LogP contribution in [0, 0.1) is 12.8 Å². The predicted molar refractivity (Wildman–Crippen MR) is 86.6 cm³/mol. The Labute approximate surface area is 125 Å². The highest BCUT2D eigenvalue weighted by atomic mass is 15.0. The van der Waals surface area contributed by atoms with E-state index in [0.29, 0.717) is 6.04 Å². The average molecular weight is 284 g/mol. The molecule has 1 saturated heterocycles. The summed E-state index contributed by atoms with van der Waals surface area (Å²) in [5.74, 6) is 1.77. The zero-order chi connectivity index (χ0) is 14.2. The van der Waals surface area contributed by atoms with Crippen LogP contribution in [-0.4, -0.2) is 28.6 Å². The second-order valence-corrected chi connectivity index (χ2v) is 6.60. The molecule has 4 rings (SSSR count). The van der Waals surface area contributed by atoms with Crippen molar-refractivity contribution in [2.45, 2.75) is 51.1 Å². The monoisotopic (exact) mass is 284 g/mol. The number of imidazole rings is 1. The molecule has 1 aromatic carbocycles. The van der Waals surface area contributed by atoms with E-state index in [1.165, 1.54) is 44.3 Å². The molecule has 3 atom stereocenters. The fourth-order valence-corrected chi connectivity index (χ4v) is 4.17. The van der Waals surface area contributed by atoms with Crippen LogP contribution in [0.4, 0.5) is 5.69 Å². The topological polar surface area (TPSA) is 52.7 Å². The van der Waals surface area contributed by atoms with Crippen molar-refractivity contribution >= 4 is 16.7 Å². The molecular weight excluding hydrogens is 260 g/mol. The van der Waals surface area contributed by atoms with E-state index in [-0.39, 0.29) is 0 Å². The lowest BCUT2D eigenvalue weighted by Crippen LogP contribution is -2.38. The molecule has 0 bridgehead atoms. The first-order valence-electron chi connectivity index (χ1n) is 8.26. The van der Waals surface area contributed by atoms with Gasteiger partial charge in [0.2, 0.25) is 0 Å². The highest BCUT2D eigenvalue weighted by Gasteiger charge is 2.34. The molecule has 112 valence electrons. The number of aryl methyl sites for hydroxylation is 1. The summed E-state index contributed by atoms with van der Waals surface area (Å²) in [4.78, 5) is 7.80. The van der Waals surface area contributed by atoms with Crippen LogP contribution in [-0.2, 0) is 0 Å². The minimum Gasteiger partial charge on any atom is -0.382 e. The van der Waals surface area contributed by atoms with E-state index >= 15 is 0 Å². The summed E-state index contributed by atoms with van der Waals surface area (Å²) in [5, 5.41) is 7.47. The molecule has 0 spiro atoms. The van der Waals surface area contributed by atoms with E-state index in [9.17, 15) is 0 Å². The first-order valence-corrected chi connectivity index (χ1v) is 8.26. The molecule has 0 amide bonds. The maximum absolute atomic E-state index is 4.47. The van der Waals surface area contributed by atoms with E-state index in [4.69, 9.17) is 0 Å². The second kappa shape index (κ2) is 5.34. The normalized spacial score (nSPS) is 29.3. The first-order chi connectivity index (χ1) is 10.3. The minimum absolute atomic E-state index is 0.613. The van der Waals surface area contributed by atoms with Gasteiger partial charge >= 0.3 is 0 Å². The van der Waals surface area contributed by atoms with Gasteiger partial charge in [-0.15, -0.1) is 0 Å². The number of hydrogen-bond acceptors (Lipinski definition) is 3. The third kappa shape index (κ3) is 2.53. The molecule has 2 aromatic rings. The lowest BCUT2D eigenvalue weighted by molar-refractivity contribution is 0.376. The Balaban J connectivity index is 1.52. The van der Waals surface area contributed by atoms with Crippen LogP contribution in [0.3, 0.4) is 0 Å². The maximum Gasteiger partial charge on any atom is 0.104 e. The molecule has 0 radical (unpaired) electrons. The molecule has 2 fully saturated rings. The molecular formula is C17H24N4. The molecule has 1 aromatic heterocycles. The van der Waals surface area contributed by atoms with E-state index in [2.05, 4.69) is 38.8 Å². The lowest BCUT2D eigenvalue weighted by Gasteiger charge is -2.27. The fraction of sp³-hybridized carbons (Fsp3) is 0.588. The zero-order valence-electron chi connectivity index (χ0n) is 12.7. The van der Waals surface area contributed by atoms with Gasteiger partial charge < -0.3 is 15.6 Å². The quantitative estimate of drug-likeness (QED) is 0.811. The fourth-order valence-electron chi connectivity index (χ4n) is 4.17. The van der Waals surface area contributed by atoms with Gasteiger partial charge in [-0.2, -0.15) is 0 Å². The number of aromatic amines is 1. The number of fused-ring (bicyclic) bond motifs is 1. The summed E-state index contributed by atoms with van der Waals surface area (Å²) in [6.07, 6.45) is 6.70. The van der Waals surface area contributed by atoms with Gasteiger partial charge in [0, 0.05) is 17.8 Å². The van der Waals surface area contributed by atoms with Crippen LogP contribution < -0.4 is 10.6 Å². The van der Waals surface area contributed by atoms with Crippen molar-refractivity contribution in [2.24, 2.45) is 5.92 Å². The van der Waals surface area contributed by atoms with Gasteiger partial charge in [0.1, 0.15) is 5.82 Å². The van der Waals surface area contributed by atoms with Gasteiger partial charge in [0.25, 0.3) is 0 Å². The second-order valence-electron chi connectivity index (χ2n) is 6.60. The zero-order valence-corrected chi connectivity index (χ0v) is 12.7. The molecule has 21 heavy (non-hydrogen) atoms. The van der Waals surface area contributed by atoms with Gasteiger partial charge in [-0.05, 0) is 63.3 Å². The molecule has 1 saturated carbocycles. The van der Waals surface area contributed by atoms with Crippen molar-refractivity contribution in [3.8, 4) is 0 Å². The van der Waals surface area contributed by atoms with E-state index < -0.39 is 0 Å². The molecule has 3 N–H and O–H groups in total. The number of rotatable bonds is 3. The number of H-pyrrole nitrogens is 1. The smallest absolute Gasteiger partial charge is 0.104 e. The Morgan fingerprint density at radius 2 is 2.14 bits per heavy atom. The average Bonchev–Trinajstić information content (AvgIpc) is 3.16. The highest BCUT2D eigenvalue weighted by Crippen LogP contribution is 2.34. The van der Waals surface area contributed by atoms with Crippen LogP contribution in [0.25, 0.3) is 11.0 Å². The highest BCUT2D eigenvalue weighted by molar-refractivity contribution is 5.79. The number of anilines is 1. The summed E-state index contributed by atoms with van der Waals surface area (Å²) in [7, 11) is 0. The van der Waals surface area contributed by atoms with Crippen molar-refractivity contribution in [3.05, 3.63) is 24.0 Å². The van der Waals surface area contributed by atoms with Gasteiger partial charge in [-0.25, -0.2) is 4.98 Å². The van der Waals surface area contributed by atoms with Gasteiger partial charge in [0.05, 0.1) is 11.0 Å². The number of nitrogens with one attached hydrogen (secondary N) is 3. The summed E-state index contributed by atoms with van der Waals surface area (Å²) < 4.78 is 0. The van der Waals surface area contributed by atoms with Gasteiger partial charge in [0.15, 0.2) is 0 Å². The van der Waals surface area contributed by atoms with Gasteiger partial charge in [-0.3, -0.25) is 0 Å². The Bertz CT molecular complexity index is 627. The Kier molecular flexibility index (Phi) is 3.34. The van der Waals surface area contributed by atoms with Crippen LogP contribution in [0.15, 0.2) is 18.2 Å². The van der Waals surface area contributed by atoms with Crippen LogP contribution in [0.1, 0.15) is 37.9 Å². The first kappa shape index (κ1) is 13.1. The summed E-state index contributed by atoms with van der Waals surface area (Å²) in [6, 6.07) is 7.82. The number of hydrogen-bond donors (Lipinski definition) is 3. The van der Waals surface area contributed by atoms with Crippen LogP contribution in [0.5, 0.6) is 0 Å². The lowest BCUT2D eigenvalue weighted by atomic mass is 9.93. The van der Waals surface area contributed by atoms with Crippen molar-refractivity contribution in [1.82, 2.24) is 15.3 Å². The third-order valence-electron chi connectivity index (χ3n) is 5.14. The van der Waals surface area contributed by atoms with Crippen LogP contribution in [0.2, 0.25) is 0 Å². The number of aromatic nitrogens is 2. The van der Waals surface area contributed by atoms with Crippen LogP contribution >= 0.6 is 0 Å². The van der Waals surface area contributed by atoms with Crippen molar-refractivity contribution in [1.29, 1.82) is 0 Å². The predicted octanol–water partition coefficient (Wildman–Crippen LogP) is 3.20. The molecule has 3 unspecified atom stereocenters. The van der Waals surface area contributed by atoms with Crippen molar-refractivity contribution in [3.63, 3.8) is 0 Å². The maximum atomic E-state index is 4.47. The summed E-state index contributed by atoms with van der Waals surface area (Å²) in [6.45, 7) is 3.21. The molecule has 2 aliphatic rings. The Morgan fingerprint density at radius 3 is 3.00 bits per heavy atom. The third-order valence-corrected chi connectivity index (χ3v) is 5.14. The van der Waals surface area contributed by atoms with Crippen molar-refractivity contribution in [2.75, 3.05) is 11.9 Å². The standard InChI is InChI=1S/C17H24N4/c1-11-19-16-8-7-12(10-17(16)20-11)21-15-5-2-4-13(15)14-6-3-9-18-14/h7-8,10,13-15,18,21H,2-6,9H2,1H3,(H,19,20). The minimum atomic E-state index is 0.613. The number of nitrogens with zero attached hydrogens (tertiary/aromatic N) is 1. The largest absolute Gasteiger partial charge is 0.382 e. The summed E-state index contributed by atoms with van der Waals surface area (Å²) in [5.41, 5.74) is 3.41. The van der Waals surface area contributed by atoms with E-state index in [1.54, 1.807) is 0 Å². The summed E-state index contributed by atoms with van der Waals surface area (Å²) >= 11 is 0. The molecule has 2 heterocycles. The Hall–Kier alpha value is -1.55. The van der Waals surface area contributed by atoms with E-state index in [1.807, 2.05) is 6.92 Å². The SMILES string of the molecule is Cc1nc2ccc(NC3CCCC3C3CCCN3)cc2[nH]1. The molecule has 4 nitrogen and oxygen atoms in total. The van der Waals surface area contributed by atoms with Crippen molar-refractivity contribution < 1.29 is 0 Å².